The summed E-state index contributed by atoms with van der Waals surface area (Å²) < 4.78 is 23.3. The van der Waals surface area contributed by atoms with Crippen molar-refractivity contribution in [3.8, 4) is 11.5 Å². The highest BCUT2D eigenvalue weighted by Gasteiger charge is 2.51. The Morgan fingerprint density at radius 1 is 0.974 bits per heavy atom. The second kappa shape index (κ2) is 11.2. The molecule has 0 radical (unpaired) electrons. The molecule has 0 saturated carbocycles. The monoisotopic (exact) mass is 538 g/mol. The van der Waals surface area contributed by atoms with Crippen LogP contribution < -0.4 is 20.4 Å². The van der Waals surface area contributed by atoms with E-state index in [4.69, 9.17) is 18.8 Å². The molecule has 1 heterocycles. The number of amides is 2. The van der Waals surface area contributed by atoms with Crippen LogP contribution in [0.1, 0.15) is 88.1 Å². The van der Waals surface area contributed by atoms with E-state index in [0.29, 0.717) is 29.0 Å². The Morgan fingerprint density at radius 3 is 1.97 bits per heavy atom. The standard InChI is InChI=1S/C30H43BN2O6/c1-12-25(28(3,4)5)33(27(35)21-17-23(36-10)19(2)24(18-21)37-11)32-26(34)20-14-13-15-22(16-20)31-38-29(6,7)30(8,9)39-31/h13-18,25H,12H2,1-11H3,(H,32,34). The molecule has 1 aliphatic rings. The maximum atomic E-state index is 14.0. The number of benzene rings is 2. The number of ether oxygens (including phenoxy) is 2. The van der Waals surface area contributed by atoms with Crippen molar-refractivity contribution in [1.82, 2.24) is 10.4 Å². The van der Waals surface area contributed by atoms with Gasteiger partial charge in [0.2, 0.25) is 0 Å². The average Bonchev–Trinajstić information content (AvgIpc) is 3.09. The van der Waals surface area contributed by atoms with E-state index >= 15 is 0 Å². The lowest BCUT2D eigenvalue weighted by atomic mass is 9.78. The van der Waals surface area contributed by atoms with Crippen molar-refractivity contribution in [2.75, 3.05) is 14.2 Å². The maximum Gasteiger partial charge on any atom is 0.494 e. The van der Waals surface area contributed by atoms with Gasteiger partial charge in [-0.2, -0.15) is 0 Å². The molecule has 3 rings (SSSR count). The van der Waals surface area contributed by atoms with Crippen LogP contribution in [0, 0.1) is 12.3 Å². The third-order valence-corrected chi connectivity index (χ3v) is 7.81. The van der Waals surface area contributed by atoms with Gasteiger partial charge in [0.25, 0.3) is 11.8 Å². The van der Waals surface area contributed by atoms with Crippen molar-refractivity contribution < 1.29 is 28.4 Å². The van der Waals surface area contributed by atoms with E-state index < -0.39 is 24.2 Å². The van der Waals surface area contributed by atoms with Crippen LogP contribution in [0.15, 0.2) is 36.4 Å². The molecule has 39 heavy (non-hydrogen) atoms. The number of nitrogens with one attached hydrogen (secondary N) is 1. The molecule has 0 bridgehead atoms. The average molecular weight is 538 g/mol. The SMILES string of the molecule is CCC(N(NC(=O)c1cccc(B2OC(C)(C)C(C)(C)O2)c1)C(=O)c1cc(OC)c(C)c(OC)c1)C(C)(C)C. The second-order valence-electron chi connectivity index (χ2n) is 12.1. The molecule has 1 atom stereocenters. The predicted octanol–water partition coefficient (Wildman–Crippen LogP) is 4.92. The van der Waals surface area contributed by atoms with E-state index in [9.17, 15) is 9.59 Å². The van der Waals surface area contributed by atoms with Crippen molar-refractivity contribution >= 4 is 24.4 Å². The number of carbonyl (C=O) groups is 2. The minimum absolute atomic E-state index is 0.293. The number of methoxy groups -OCH3 is 2. The highest BCUT2D eigenvalue weighted by molar-refractivity contribution is 6.62. The molecule has 212 valence electrons. The van der Waals surface area contributed by atoms with E-state index in [-0.39, 0.29) is 17.4 Å². The van der Waals surface area contributed by atoms with E-state index in [1.807, 2.05) is 68.4 Å². The molecular weight excluding hydrogens is 495 g/mol. The summed E-state index contributed by atoms with van der Waals surface area (Å²) in [5, 5.41) is 1.44. The Hall–Kier alpha value is -3.04. The van der Waals surface area contributed by atoms with E-state index in [2.05, 4.69) is 5.43 Å². The Morgan fingerprint density at radius 2 is 1.51 bits per heavy atom. The minimum Gasteiger partial charge on any atom is -0.496 e. The fraction of sp³-hybridized carbons (Fsp3) is 0.533. The van der Waals surface area contributed by atoms with Crippen molar-refractivity contribution in [2.45, 2.75) is 86.0 Å². The number of hydrogen-bond donors (Lipinski definition) is 1. The zero-order chi connectivity index (χ0) is 29.3. The fourth-order valence-electron chi connectivity index (χ4n) is 4.78. The summed E-state index contributed by atoms with van der Waals surface area (Å²) in [6.07, 6.45) is 0.629. The first-order chi connectivity index (χ1) is 18.1. The lowest BCUT2D eigenvalue weighted by Crippen LogP contribution is -2.56. The number of carbonyl (C=O) groups excluding carboxylic acids is 2. The van der Waals surface area contributed by atoms with Crippen molar-refractivity contribution in [1.29, 1.82) is 0 Å². The summed E-state index contributed by atoms with van der Waals surface area (Å²) in [6, 6.07) is 10.2. The second-order valence-corrected chi connectivity index (χ2v) is 12.1. The largest absolute Gasteiger partial charge is 0.496 e. The molecule has 2 aromatic carbocycles. The lowest BCUT2D eigenvalue weighted by Gasteiger charge is -2.39. The summed E-state index contributed by atoms with van der Waals surface area (Å²) in [6.45, 7) is 17.9. The molecule has 0 aliphatic carbocycles. The van der Waals surface area contributed by atoms with Crippen LogP contribution in [0.5, 0.6) is 11.5 Å². The third-order valence-electron chi connectivity index (χ3n) is 7.81. The maximum absolute atomic E-state index is 14.0. The van der Waals surface area contributed by atoms with Crippen LogP contribution in [-0.4, -0.2) is 55.4 Å². The molecule has 0 spiro atoms. The van der Waals surface area contributed by atoms with Crippen LogP contribution in [0.25, 0.3) is 0 Å². The zero-order valence-corrected chi connectivity index (χ0v) is 25.2. The minimum atomic E-state index is -0.606. The topological polar surface area (TPSA) is 86.3 Å². The molecule has 1 N–H and O–H groups in total. The molecule has 9 heteroatoms. The molecular formula is C30H43BN2O6. The summed E-state index contributed by atoms with van der Waals surface area (Å²) in [5.41, 5.74) is 3.84. The summed E-state index contributed by atoms with van der Waals surface area (Å²) in [4.78, 5) is 27.6. The third kappa shape index (κ3) is 6.25. The smallest absolute Gasteiger partial charge is 0.494 e. The van der Waals surface area contributed by atoms with Gasteiger partial charge in [0.05, 0.1) is 31.5 Å². The molecule has 1 saturated heterocycles. The van der Waals surface area contributed by atoms with Gasteiger partial charge in [-0.3, -0.25) is 15.0 Å². The Kier molecular flexibility index (Phi) is 8.77. The predicted molar refractivity (Wildman–Crippen MR) is 154 cm³/mol. The number of rotatable bonds is 7. The highest BCUT2D eigenvalue weighted by Crippen LogP contribution is 2.36. The molecule has 2 aromatic rings. The van der Waals surface area contributed by atoms with E-state index in [1.54, 1.807) is 44.6 Å². The van der Waals surface area contributed by atoms with Gasteiger partial charge in [-0.05, 0) is 76.2 Å². The van der Waals surface area contributed by atoms with Crippen LogP contribution in [0.2, 0.25) is 0 Å². The zero-order valence-electron chi connectivity index (χ0n) is 25.2. The molecule has 8 nitrogen and oxygen atoms in total. The highest BCUT2D eigenvalue weighted by atomic mass is 16.7. The summed E-state index contributed by atoms with van der Waals surface area (Å²) in [7, 11) is 2.49. The Balaban J connectivity index is 1.97. The van der Waals surface area contributed by atoms with Crippen LogP contribution >= 0.6 is 0 Å². The van der Waals surface area contributed by atoms with Gasteiger partial charge in [-0.25, -0.2) is 5.01 Å². The van der Waals surface area contributed by atoms with Gasteiger partial charge < -0.3 is 18.8 Å². The van der Waals surface area contributed by atoms with E-state index in [1.165, 1.54) is 5.01 Å². The molecule has 1 aliphatic heterocycles. The first-order valence-corrected chi connectivity index (χ1v) is 13.4. The summed E-state index contributed by atoms with van der Waals surface area (Å²) in [5.74, 6) is 0.296. The van der Waals surface area contributed by atoms with Crippen LogP contribution in [-0.2, 0) is 9.31 Å². The first-order valence-electron chi connectivity index (χ1n) is 13.4. The number of hydrogen-bond acceptors (Lipinski definition) is 6. The van der Waals surface area contributed by atoms with Gasteiger partial charge in [0.1, 0.15) is 11.5 Å². The lowest BCUT2D eigenvalue weighted by molar-refractivity contribution is 0.00578. The fourth-order valence-corrected chi connectivity index (χ4v) is 4.78. The number of hydrazine groups is 1. The van der Waals surface area contributed by atoms with Crippen molar-refractivity contribution in [3.63, 3.8) is 0 Å². The van der Waals surface area contributed by atoms with Gasteiger partial charge in [-0.1, -0.05) is 39.8 Å². The van der Waals surface area contributed by atoms with Crippen LogP contribution in [0.3, 0.4) is 0 Å². The normalized spacial score (nSPS) is 16.9. The first kappa shape index (κ1) is 30.5. The van der Waals surface area contributed by atoms with Crippen LogP contribution in [0.4, 0.5) is 0 Å². The van der Waals surface area contributed by atoms with Gasteiger partial charge >= 0.3 is 7.12 Å². The molecule has 1 fully saturated rings. The molecule has 2 amide bonds. The summed E-state index contributed by atoms with van der Waals surface area (Å²) >= 11 is 0. The molecule has 0 aromatic heterocycles. The van der Waals surface area contributed by atoms with Gasteiger partial charge in [-0.15, -0.1) is 0 Å². The quantitative estimate of drug-likeness (QED) is 0.398. The van der Waals surface area contributed by atoms with Crippen molar-refractivity contribution in [3.05, 3.63) is 53.1 Å². The van der Waals surface area contributed by atoms with E-state index in [0.717, 1.165) is 11.0 Å². The molecule has 1 unspecified atom stereocenters. The van der Waals surface area contributed by atoms with Gasteiger partial charge in [0.15, 0.2) is 0 Å². The Bertz CT molecular complexity index is 1180. The Labute approximate surface area is 233 Å². The van der Waals surface area contributed by atoms with Gasteiger partial charge in [0, 0.05) is 16.7 Å². The number of nitrogens with zero attached hydrogens (tertiary/aromatic N) is 1. The van der Waals surface area contributed by atoms with Crippen molar-refractivity contribution in [2.24, 2.45) is 5.41 Å².